The maximum absolute atomic E-state index is 11.6. The Hall–Kier alpha value is -2.34. The summed E-state index contributed by atoms with van der Waals surface area (Å²) in [5, 5.41) is 18.4. The second-order valence-corrected chi connectivity index (χ2v) is 4.10. The highest BCUT2D eigenvalue weighted by Crippen LogP contribution is 2.15. The molecule has 1 unspecified atom stereocenters. The van der Waals surface area contributed by atoms with Crippen LogP contribution in [0.5, 0.6) is 0 Å². The van der Waals surface area contributed by atoms with E-state index in [0.717, 1.165) is 5.56 Å². The number of nitrogens with one attached hydrogen (secondary N) is 2. The van der Waals surface area contributed by atoms with Gasteiger partial charge in [0.25, 0.3) is 0 Å². The van der Waals surface area contributed by atoms with Gasteiger partial charge < -0.3 is 20.3 Å². The molecule has 19 heavy (non-hydrogen) atoms. The Morgan fingerprint density at radius 3 is 2.68 bits per heavy atom. The zero-order valence-electron chi connectivity index (χ0n) is 10.5. The molecule has 2 aromatic rings. The summed E-state index contributed by atoms with van der Waals surface area (Å²) < 4.78 is 4.66. The molecule has 3 N–H and O–H groups in total. The van der Waals surface area contributed by atoms with Crippen LogP contribution in [0.3, 0.4) is 0 Å². The minimum Gasteiger partial charge on any atom is -0.389 e. The van der Waals surface area contributed by atoms with E-state index in [1.165, 1.54) is 6.26 Å². The molecule has 0 aliphatic heterocycles. The molecule has 0 saturated heterocycles. The third-order valence-corrected chi connectivity index (χ3v) is 2.57. The highest BCUT2D eigenvalue weighted by molar-refractivity contribution is 5.89. The number of hydrogen-bond acceptors (Lipinski definition) is 4. The van der Waals surface area contributed by atoms with Crippen molar-refractivity contribution in [2.45, 2.75) is 19.6 Å². The molecular formula is C13H15N3O3. The molecule has 0 radical (unpaired) electrons. The number of hydrogen-bond donors (Lipinski definition) is 3. The van der Waals surface area contributed by atoms with E-state index in [4.69, 9.17) is 0 Å². The van der Waals surface area contributed by atoms with Crippen LogP contribution in [-0.2, 0) is 6.54 Å². The average Bonchev–Trinajstić information content (AvgIpc) is 2.90. The van der Waals surface area contributed by atoms with Crippen LogP contribution >= 0.6 is 0 Å². The molecule has 100 valence electrons. The first kappa shape index (κ1) is 13.1. The van der Waals surface area contributed by atoms with Crippen LogP contribution in [0, 0.1) is 0 Å². The Morgan fingerprint density at radius 1 is 1.37 bits per heavy atom. The van der Waals surface area contributed by atoms with E-state index in [0.29, 0.717) is 17.9 Å². The highest BCUT2D eigenvalue weighted by atomic mass is 16.5. The number of anilines is 1. The smallest absolute Gasteiger partial charge is 0.319 e. The maximum Gasteiger partial charge on any atom is 0.319 e. The fraction of sp³-hybridized carbons (Fsp3) is 0.231. The lowest BCUT2D eigenvalue weighted by Gasteiger charge is -2.08. The third-order valence-electron chi connectivity index (χ3n) is 2.57. The number of rotatable bonds is 4. The van der Waals surface area contributed by atoms with Crippen LogP contribution in [-0.4, -0.2) is 16.3 Å². The van der Waals surface area contributed by atoms with E-state index >= 15 is 0 Å². The van der Waals surface area contributed by atoms with Gasteiger partial charge in [-0.05, 0) is 24.6 Å². The van der Waals surface area contributed by atoms with E-state index in [9.17, 15) is 9.90 Å². The summed E-state index contributed by atoms with van der Waals surface area (Å²) in [5.41, 5.74) is 2.11. The number of amides is 2. The van der Waals surface area contributed by atoms with Crippen LogP contribution < -0.4 is 10.6 Å². The van der Waals surface area contributed by atoms with Crippen molar-refractivity contribution >= 4 is 11.7 Å². The molecule has 1 aromatic carbocycles. The molecular weight excluding hydrogens is 246 g/mol. The number of aromatic nitrogens is 1. The van der Waals surface area contributed by atoms with Crippen molar-refractivity contribution in [3.8, 4) is 0 Å². The lowest BCUT2D eigenvalue weighted by molar-refractivity contribution is 0.199. The van der Waals surface area contributed by atoms with Crippen LogP contribution in [0.2, 0.25) is 0 Å². The van der Waals surface area contributed by atoms with Crippen LogP contribution in [0.4, 0.5) is 10.5 Å². The summed E-state index contributed by atoms with van der Waals surface area (Å²) in [5.74, 6) is 0. The summed E-state index contributed by atoms with van der Waals surface area (Å²) in [6.07, 6.45) is 0.930. The van der Waals surface area contributed by atoms with Gasteiger partial charge in [-0.25, -0.2) is 4.79 Å². The fourth-order valence-electron chi connectivity index (χ4n) is 1.52. The van der Waals surface area contributed by atoms with Crippen LogP contribution in [0.15, 0.2) is 41.1 Å². The lowest BCUT2D eigenvalue weighted by Crippen LogP contribution is -2.28. The quantitative estimate of drug-likeness (QED) is 0.786. The SMILES string of the molecule is CC(O)c1ccc(NC(=O)NCc2ccon2)cc1. The molecule has 0 bridgehead atoms. The molecule has 0 fully saturated rings. The van der Waals surface area contributed by atoms with Crippen molar-refractivity contribution in [2.24, 2.45) is 0 Å². The number of carbonyl (C=O) groups excluding carboxylic acids is 1. The first-order valence-electron chi connectivity index (χ1n) is 5.87. The van der Waals surface area contributed by atoms with E-state index in [1.807, 2.05) is 0 Å². The number of carbonyl (C=O) groups is 1. The van der Waals surface area contributed by atoms with Crippen molar-refractivity contribution in [1.29, 1.82) is 0 Å². The molecule has 0 aliphatic carbocycles. The fourth-order valence-corrected chi connectivity index (χ4v) is 1.52. The second kappa shape index (κ2) is 6.01. The van der Waals surface area contributed by atoms with Gasteiger partial charge in [-0.2, -0.15) is 0 Å². The normalized spacial score (nSPS) is 11.9. The van der Waals surface area contributed by atoms with Gasteiger partial charge in [0, 0.05) is 11.8 Å². The summed E-state index contributed by atoms with van der Waals surface area (Å²) >= 11 is 0. The van der Waals surface area contributed by atoms with Crippen LogP contribution in [0.1, 0.15) is 24.3 Å². The Balaban J connectivity index is 1.84. The van der Waals surface area contributed by atoms with E-state index in [2.05, 4.69) is 20.3 Å². The summed E-state index contributed by atoms with van der Waals surface area (Å²) in [6, 6.07) is 8.34. The predicted octanol–water partition coefficient (Wildman–Crippen LogP) is 2.05. The Labute approximate surface area is 110 Å². The van der Waals surface area contributed by atoms with Gasteiger partial charge in [-0.1, -0.05) is 17.3 Å². The van der Waals surface area contributed by atoms with Gasteiger partial charge in [0.1, 0.15) is 12.0 Å². The number of urea groups is 1. The molecule has 2 amide bonds. The lowest BCUT2D eigenvalue weighted by atomic mass is 10.1. The molecule has 2 rings (SSSR count). The monoisotopic (exact) mass is 261 g/mol. The number of aliphatic hydroxyl groups is 1. The van der Waals surface area contributed by atoms with Gasteiger partial charge in [-0.3, -0.25) is 0 Å². The first-order valence-corrected chi connectivity index (χ1v) is 5.87. The maximum atomic E-state index is 11.6. The summed E-state index contributed by atoms with van der Waals surface area (Å²) in [7, 11) is 0. The molecule has 6 nitrogen and oxygen atoms in total. The standard InChI is InChI=1S/C13H15N3O3/c1-9(17)10-2-4-11(5-3-10)15-13(18)14-8-12-6-7-19-16-12/h2-7,9,17H,8H2,1H3,(H2,14,15,18). The van der Waals surface area contributed by atoms with E-state index in [-0.39, 0.29) is 6.03 Å². The van der Waals surface area contributed by atoms with Crippen LogP contribution in [0.25, 0.3) is 0 Å². The largest absolute Gasteiger partial charge is 0.389 e. The van der Waals surface area contributed by atoms with Gasteiger partial charge in [-0.15, -0.1) is 0 Å². The molecule has 1 heterocycles. The minimum absolute atomic E-state index is 0.300. The van der Waals surface area contributed by atoms with Crippen molar-refractivity contribution < 1.29 is 14.4 Å². The number of benzene rings is 1. The van der Waals surface area contributed by atoms with E-state index in [1.54, 1.807) is 37.3 Å². The zero-order valence-corrected chi connectivity index (χ0v) is 10.5. The number of aliphatic hydroxyl groups excluding tert-OH is 1. The van der Waals surface area contributed by atoms with Gasteiger partial charge in [0.05, 0.1) is 12.6 Å². The van der Waals surface area contributed by atoms with Crippen molar-refractivity contribution in [3.63, 3.8) is 0 Å². The Kier molecular flexibility index (Phi) is 4.15. The molecule has 1 atom stereocenters. The van der Waals surface area contributed by atoms with Crippen molar-refractivity contribution in [3.05, 3.63) is 47.9 Å². The van der Waals surface area contributed by atoms with Crippen molar-refractivity contribution in [2.75, 3.05) is 5.32 Å². The number of nitrogens with zero attached hydrogens (tertiary/aromatic N) is 1. The molecule has 1 aromatic heterocycles. The third kappa shape index (κ3) is 3.82. The minimum atomic E-state index is -0.518. The summed E-state index contributed by atoms with van der Waals surface area (Å²) in [4.78, 5) is 11.6. The zero-order chi connectivity index (χ0) is 13.7. The Bertz CT molecular complexity index is 521. The average molecular weight is 261 g/mol. The van der Waals surface area contributed by atoms with Crippen molar-refractivity contribution in [1.82, 2.24) is 10.5 Å². The van der Waals surface area contributed by atoms with E-state index < -0.39 is 6.10 Å². The second-order valence-electron chi connectivity index (χ2n) is 4.10. The summed E-state index contributed by atoms with van der Waals surface area (Å²) in [6.45, 7) is 1.99. The molecule has 6 heteroatoms. The molecule has 0 saturated carbocycles. The van der Waals surface area contributed by atoms with Gasteiger partial charge in [0.2, 0.25) is 0 Å². The highest BCUT2D eigenvalue weighted by Gasteiger charge is 2.04. The van der Waals surface area contributed by atoms with Gasteiger partial charge >= 0.3 is 6.03 Å². The first-order chi connectivity index (χ1) is 9.15. The predicted molar refractivity (Wildman–Crippen MR) is 69.4 cm³/mol. The van der Waals surface area contributed by atoms with Gasteiger partial charge in [0.15, 0.2) is 0 Å². The molecule has 0 aliphatic rings. The topological polar surface area (TPSA) is 87.4 Å². The Morgan fingerprint density at radius 2 is 2.11 bits per heavy atom. The molecule has 0 spiro atoms.